The lowest BCUT2D eigenvalue weighted by atomic mass is 9.89. The van der Waals surface area contributed by atoms with Crippen LogP contribution in [0.3, 0.4) is 0 Å². The summed E-state index contributed by atoms with van der Waals surface area (Å²) in [5.41, 5.74) is 1.85. The third-order valence-corrected chi connectivity index (χ3v) is 7.94. The quantitative estimate of drug-likeness (QED) is 0.151. The van der Waals surface area contributed by atoms with Gasteiger partial charge in [-0.2, -0.15) is 0 Å². The molecule has 1 fully saturated rings. The molecule has 0 aromatic heterocycles. The van der Waals surface area contributed by atoms with E-state index in [4.69, 9.17) is 4.74 Å². The van der Waals surface area contributed by atoms with Crippen LogP contribution >= 0.6 is 0 Å². The zero-order valence-corrected chi connectivity index (χ0v) is 26.5. The van der Waals surface area contributed by atoms with Gasteiger partial charge in [-0.15, -0.1) is 0 Å². The van der Waals surface area contributed by atoms with Crippen LogP contribution in [0.5, 0.6) is 0 Å². The van der Waals surface area contributed by atoms with Crippen molar-refractivity contribution in [3.8, 4) is 0 Å². The Hall–Kier alpha value is -3.38. The number of alkyl carbamates (subject to hydrolysis) is 2. The lowest BCUT2D eigenvalue weighted by Gasteiger charge is -2.36. The second-order valence-corrected chi connectivity index (χ2v) is 12.0. The van der Waals surface area contributed by atoms with Gasteiger partial charge >= 0.3 is 12.2 Å². The van der Waals surface area contributed by atoms with E-state index < -0.39 is 47.7 Å². The van der Waals surface area contributed by atoms with Gasteiger partial charge in [0.15, 0.2) is 0 Å². The van der Waals surface area contributed by atoms with E-state index in [2.05, 4.69) is 26.1 Å². The number of hydrogen-bond acceptors (Lipinski definition) is 8. The van der Waals surface area contributed by atoms with Crippen LogP contribution in [0.1, 0.15) is 71.8 Å². The molecule has 5 N–H and O–H groups in total. The zero-order chi connectivity index (χ0) is 32.0. The van der Waals surface area contributed by atoms with Crippen LogP contribution in [0, 0.1) is 17.8 Å². The van der Waals surface area contributed by atoms with Crippen LogP contribution in [0.4, 0.5) is 9.59 Å². The Kier molecular flexibility index (Phi) is 14.7. The number of hydrogen-bond donors (Lipinski definition) is 5. The highest BCUT2D eigenvalue weighted by Gasteiger charge is 2.42. The van der Waals surface area contributed by atoms with E-state index in [0.717, 1.165) is 38.4 Å². The Bertz CT molecular complexity index is 1030. The van der Waals surface area contributed by atoms with E-state index >= 15 is 0 Å². The molecule has 0 heterocycles. The maximum Gasteiger partial charge on any atom is 0.409 e. The minimum Gasteiger partial charge on any atom is -0.453 e. The number of amides is 4. The van der Waals surface area contributed by atoms with Crippen molar-refractivity contribution in [2.75, 3.05) is 27.3 Å². The number of carbonyl (C=O) groups is 4. The molecule has 4 amide bonds. The first-order valence-corrected chi connectivity index (χ1v) is 15.2. The molecule has 0 radical (unpaired) electrons. The van der Waals surface area contributed by atoms with Crippen LogP contribution in [0.2, 0.25) is 0 Å². The van der Waals surface area contributed by atoms with E-state index in [9.17, 15) is 24.3 Å². The molecule has 1 aromatic rings. The average molecular weight is 606 g/mol. The van der Waals surface area contributed by atoms with Crippen molar-refractivity contribution >= 4 is 24.0 Å². The highest BCUT2D eigenvalue weighted by Crippen LogP contribution is 2.24. The molecule has 2 rings (SSSR count). The summed E-state index contributed by atoms with van der Waals surface area (Å²) in [4.78, 5) is 51.0. The summed E-state index contributed by atoms with van der Waals surface area (Å²) in [5, 5.41) is 20.8. The summed E-state index contributed by atoms with van der Waals surface area (Å²) < 4.78 is 9.36. The van der Waals surface area contributed by atoms with E-state index in [1.807, 2.05) is 49.2 Å². The van der Waals surface area contributed by atoms with E-state index in [1.54, 1.807) is 13.8 Å². The molecule has 12 heteroatoms. The van der Waals surface area contributed by atoms with Gasteiger partial charge in [0.1, 0.15) is 6.04 Å². The number of hydrazine groups is 1. The van der Waals surface area contributed by atoms with Gasteiger partial charge in [0.05, 0.1) is 14.2 Å². The van der Waals surface area contributed by atoms with E-state index in [1.165, 1.54) is 13.5 Å². The molecule has 1 aromatic carbocycles. The second kappa shape index (κ2) is 17.7. The van der Waals surface area contributed by atoms with Gasteiger partial charge in [-0.05, 0) is 43.1 Å². The van der Waals surface area contributed by atoms with Crippen molar-refractivity contribution in [2.45, 2.75) is 90.4 Å². The first kappa shape index (κ1) is 35.8. The number of aryl methyl sites for hydroxylation is 1. The number of aliphatic hydroxyl groups is 1. The summed E-state index contributed by atoms with van der Waals surface area (Å²) >= 11 is 0. The molecule has 0 spiro atoms. The maximum atomic E-state index is 13.5. The van der Waals surface area contributed by atoms with Gasteiger partial charge in [0.25, 0.3) is 11.8 Å². The third kappa shape index (κ3) is 11.7. The number of ether oxygens (including phenoxy) is 2. The molecule has 0 aliphatic heterocycles. The lowest BCUT2D eigenvalue weighted by molar-refractivity contribution is -0.149. The second-order valence-electron chi connectivity index (χ2n) is 12.0. The first-order chi connectivity index (χ1) is 20.4. The van der Waals surface area contributed by atoms with Crippen molar-refractivity contribution in [1.29, 1.82) is 0 Å². The molecule has 0 bridgehead atoms. The van der Waals surface area contributed by atoms with Crippen molar-refractivity contribution < 1.29 is 33.8 Å². The van der Waals surface area contributed by atoms with Crippen LogP contribution < -0.4 is 21.4 Å². The molecule has 3 atom stereocenters. The molecular formula is C31H51N5O7. The van der Waals surface area contributed by atoms with E-state index in [-0.39, 0.29) is 12.5 Å². The van der Waals surface area contributed by atoms with Gasteiger partial charge in [0, 0.05) is 25.0 Å². The number of carbonyl (C=O) groups excluding carboxylic acids is 4. The SMILES string of the molecule is COC(=O)N[C@H](C(=O)NN(CC1CCCCC1)C[C@@H](CCc1ccccc1)NC(=O)[C@@](O)(NC(=O)OC)C(C)C)C(C)C. The first-order valence-electron chi connectivity index (χ1n) is 15.2. The maximum absolute atomic E-state index is 13.5. The Morgan fingerprint density at radius 2 is 1.58 bits per heavy atom. The molecular weight excluding hydrogens is 554 g/mol. The van der Waals surface area contributed by atoms with Crippen LogP contribution in [-0.2, 0) is 25.5 Å². The van der Waals surface area contributed by atoms with Gasteiger partial charge in [-0.1, -0.05) is 77.3 Å². The molecule has 0 saturated heterocycles. The minimum atomic E-state index is -2.22. The molecule has 1 saturated carbocycles. The van der Waals surface area contributed by atoms with Gasteiger partial charge in [0.2, 0.25) is 5.72 Å². The summed E-state index contributed by atoms with van der Waals surface area (Å²) in [6.45, 7) is 7.68. The van der Waals surface area contributed by atoms with Gasteiger partial charge in [-0.3, -0.25) is 20.3 Å². The number of nitrogens with zero attached hydrogens (tertiary/aromatic N) is 1. The summed E-state index contributed by atoms with van der Waals surface area (Å²) in [7, 11) is 2.40. The molecule has 0 unspecified atom stereocenters. The smallest absolute Gasteiger partial charge is 0.409 e. The minimum absolute atomic E-state index is 0.213. The Balaban J connectivity index is 2.34. The topological polar surface area (TPSA) is 158 Å². The molecule has 1 aliphatic carbocycles. The van der Waals surface area contributed by atoms with E-state index in [0.29, 0.717) is 25.3 Å². The van der Waals surface area contributed by atoms with Crippen molar-refractivity contribution in [3.05, 3.63) is 35.9 Å². The number of benzene rings is 1. The summed E-state index contributed by atoms with van der Waals surface area (Å²) in [6.07, 6.45) is 4.93. The van der Waals surface area contributed by atoms with Crippen LogP contribution in [0.15, 0.2) is 30.3 Å². The third-order valence-electron chi connectivity index (χ3n) is 7.94. The highest BCUT2D eigenvalue weighted by atomic mass is 16.5. The molecule has 242 valence electrons. The van der Waals surface area contributed by atoms with Crippen molar-refractivity contribution in [1.82, 2.24) is 26.4 Å². The molecule has 12 nitrogen and oxygen atoms in total. The van der Waals surface area contributed by atoms with Crippen molar-refractivity contribution in [2.24, 2.45) is 17.8 Å². The Morgan fingerprint density at radius 1 is 0.953 bits per heavy atom. The molecule has 1 aliphatic rings. The van der Waals surface area contributed by atoms with Crippen LogP contribution in [0.25, 0.3) is 0 Å². The fourth-order valence-electron chi connectivity index (χ4n) is 5.22. The number of methoxy groups -OCH3 is 2. The largest absolute Gasteiger partial charge is 0.453 e. The van der Waals surface area contributed by atoms with Gasteiger partial charge < -0.3 is 25.2 Å². The standard InChI is InChI=1S/C31H51N5O7/c1-21(2)26(33-29(39)42-5)27(37)35-36(19-24-15-11-8-12-16-24)20-25(18-17-23-13-9-7-10-14-23)32-28(38)31(41,22(3)4)34-30(40)43-6/h7,9-10,13-14,21-22,24-26,41H,8,11-12,15-20H2,1-6H3,(H,32,38)(H,33,39)(H,34,40)(H,35,37)/t25-,26+,31-/m1/s1. The fraction of sp³-hybridized carbons (Fsp3) is 0.677. The summed E-state index contributed by atoms with van der Waals surface area (Å²) in [6, 6.07) is 8.44. The Morgan fingerprint density at radius 3 is 2.14 bits per heavy atom. The van der Waals surface area contributed by atoms with Crippen molar-refractivity contribution in [3.63, 3.8) is 0 Å². The number of rotatable bonds is 15. The fourth-order valence-corrected chi connectivity index (χ4v) is 5.22. The molecule has 43 heavy (non-hydrogen) atoms. The average Bonchev–Trinajstić information content (AvgIpc) is 2.98. The zero-order valence-electron chi connectivity index (χ0n) is 26.5. The normalized spacial score (nSPS) is 16.6. The lowest BCUT2D eigenvalue weighted by Crippen LogP contribution is -2.64. The predicted molar refractivity (Wildman–Crippen MR) is 162 cm³/mol. The van der Waals surface area contributed by atoms with Crippen LogP contribution in [-0.4, -0.2) is 79.2 Å². The van der Waals surface area contributed by atoms with Gasteiger partial charge in [-0.25, -0.2) is 14.6 Å². The number of nitrogens with one attached hydrogen (secondary N) is 4. The highest BCUT2D eigenvalue weighted by molar-refractivity contribution is 5.88. The Labute approximate surface area is 255 Å². The monoisotopic (exact) mass is 605 g/mol. The predicted octanol–water partition coefficient (Wildman–Crippen LogP) is 3.10. The summed E-state index contributed by atoms with van der Waals surface area (Å²) in [5.74, 6) is -1.71.